The molecule has 0 aliphatic carbocycles. The zero-order chi connectivity index (χ0) is 24.9. The van der Waals surface area contributed by atoms with Crippen LogP contribution in [0, 0.1) is 0 Å². The van der Waals surface area contributed by atoms with Gasteiger partial charge in [0.25, 0.3) is 11.7 Å². The summed E-state index contributed by atoms with van der Waals surface area (Å²) < 4.78 is 1.96. The van der Waals surface area contributed by atoms with E-state index in [-0.39, 0.29) is 24.7 Å². The Morgan fingerprint density at radius 3 is 2.51 bits per heavy atom. The normalized spacial score (nSPS) is 10.8. The molecule has 2 heterocycles. The number of nitrogens with one attached hydrogen (secondary N) is 1. The summed E-state index contributed by atoms with van der Waals surface area (Å²) >= 11 is 0. The van der Waals surface area contributed by atoms with E-state index < -0.39 is 5.97 Å². The molecule has 10 nitrogen and oxygen atoms in total. The van der Waals surface area contributed by atoms with Gasteiger partial charge in [0.2, 0.25) is 0 Å². The Bertz CT molecular complexity index is 1380. The number of amidine groups is 1. The number of aromatic nitrogens is 3. The lowest BCUT2D eigenvalue weighted by Crippen LogP contribution is -2.46. The van der Waals surface area contributed by atoms with E-state index in [4.69, 9.17) is 21.2 Å². The summed E-state index contributed by atoms with van der Waals surface area (Å²) in [4.78, 5) is 34.7. The van der Waals surface area contributed by atoms with Crippen molar-refractivity contribution in [1.82, 2.24) is 14.5 Å². The SMILES string of the molecule is Cn1c(CNc2ccc(C(N)=[NH2+])cc2)nc2cc(C(=O)N(CCC(=O)O)c3ccccn3)ccc21. The molecule has 0 fully saturated rings. The molecule has 2 aromatic heterocycles. The number of carboxylic acids is 1. The summed E-state index contributed by atoms with van der Waals surface area (Å²) in [5, 5.41) is 18.0. The van der Waals surface area contributed by atoms with Crippen LogP contribution in [0.1, 0.15) is 28.2 Å². The van der Waals surface area contributed by atoms with Crippen molar-refractivity contribution in [1.29, 1.82) is 0 Å². The zero-order valence-corrected chi connectivity index (χ0v) is 19.2. The molecule has 4 rings (SSSR count). The van der Waals surface area contributed by atoms with Gasteiger partial charge >= 0.3 is 5.97 Å². The van der Waals surface area contributed by atoms with Crippen LogP contribution in [0.4, 0.5) is 11.5 Å². The van der Waals surface area contributed by atoms with Gasteiger partial charge in [-0.1, -0.05) is 6.07 Å². The number of anilines is 2. The van der Waals surface area contributed by atoms with Crippen LogP contribution in [0.3, 0.4) is 0 Å². The number of aryl methyl sites for hydroxylation is 1. The smallest absolute Gasteiger partial charge is 0.305 e. The molecule has 1 amide bonds. The third kappa shape index (κ3) is 5.27. The Balaban J connectivity index is 1.56. The molecule has 0 unspecified atom stereocenters. The predicted molar refractivity (Wildman–Crippen MR) is 133 cm³/mol. The second-order valence-corrected chi connectivity index (χ2v) is 7.97. The lowest BCUT2D eigenvalue weighted by molar-refractivity contribution is -0.136. The number of carbonyl (C=O) groups excluding carboxylic acids is 1. The average Bonchev–Trinajstić information content (AvgIpc) is 3.18. The molecule has 178 valence electrons. The molecule has 0 saturated carbocycles. The number of carbonyl (C=O) groups is 2. The van der Waals surface area contributed by atoms with Gasteiger partial charge < -0.3 is 15.0 Å². The molecule has 6 N–H and O–H groups in total. The van der Waals surface area contributed by atoms with Crippen LogP contribution >= 0.6 is 0 Å². The third-order valence-corrected chi connectivity index (χ3v) is 5.61. The molecule has 0 radical (unpaired) electrons. The first-order chi connectivity index (χ1) is 16.8. The van der Waals surface area contributed by atoms with Crippen LogP contribution < -0.4 is 21.4 Å². The lowest BCUT2D eigenvalue weighted by Gasteiger charge is -2.21. The number of fused-ring (bicyclic) bond motifs is 1. The first kappa shape index (κ1) is 23.4. The van der Waals surface area contributed by atoms with Crippen molar-refractivity contribution in [2.45, 2.75) is 13.0 Å². The van der Waals surface area contributed by atoms with Crippen molar-refractivity contribution in [3.8, 4) is 0 Å². The molecule has 0 atom stereocenters. The Morgan fingerprint density at radius 2 is 1.86 bits per heavy atom. The number of imidazole rings is 1. The van der Waals surface area contributed by atoms with E-state index in [2.05, 4.69) is 10.3 Å². The monoisotopic (exact) mass is 472 g/mol. The first-order valence-corrected chi connectivity index (χ1v) is 11.0. The second-order valence-electron chi connectivity index (χ2n) is 7.97. The first-order valence-electron chi connectivity index (χ1n) is 11.0. The van der Waals surface area contributed by atoms with Gasteiger partial charge in [-0.3, -0.25) is 25.6 Å². The number of benzene rings is 2. The molecule has 0 aliphatic heterocycles. The number of rotatable bonds is 9. The molecule has 4 aromatic rings. The number of hydrogen-bond acceptors (Lipinski definition) is 5. The van der Waals surface area contributed by atoms with Gasteiger partial charge in [0, 0.05) is 31.0 Å². The molecular weight excluding hydrogens is 446 g/mol. The number of nitrogens with two attached hydrogens (primary N) is 2. The van der Waals surface area contributed by atoms with Crippen molar-refractivity contribution in [3.63, 3.8) is 0 Å². The number of pyridine rings is 1. The van der Waals surface area contributed by atoms with Crippen LogP contribution in [0.5, 0.6) is 0 Å². The second kappa shape index (κ2) is 10.0. The molecule has 35 heavy (non-hydrogen) atoms. The van der Waals surface area contributed by atoms with E-state index in [0.29, 0.717) is 23.4 Å². The number of carboxylic acid groups (broad SMARTS) is 1. The lowest BCUT2D eigenvalue weighted by atomic mass is 10.1. The van der Waals surface area contributed by atoms with Gasteiger partial charge in [-0.05, 0) is 54.6 Å². The van der Waals surface area contributed by atoms with E-state index in [1.54, 1.807) is 36.5 Å². The largest absolute Gasteiger partial charge is 0.481 e. The predicted octanol–water partition coefficient (Wildman–Crippen LogP) is 1.17. The van der Waals surface area contributed by atoms with Gasteiger partial charge in [-0.25, -0.2) is 9.97 Å². The molecule has 0 aliphatic rings. The van der Waals surface area contributed by atoms with E-state index in [0.717, 1.165) is 22.6 Å². The van der Waals surface area contributed by atoms with Gasteiger partial charge in [0.1, 0.15) is 11.6 Å². The maximum Gasteiger partial charge on any atom is 0.305 e. The summed E-state index contributed by atoms with van der Waals surface area (Å²) in [6.45, 7) is 0.473. The van der Waals surface area contributed by atoms with Crippen LogP contribution in [-0.4, -0.2) is 43.9 Å². The highest BCUT2D eigenvalue weighted by molar-refractivity contribution is 6.07. The maximum atomic E-state index is 13.3. The number of aliphatic carboxylic acids is 1. The fourth-order valence-electron chi connectivity index (χ4n) is 3.70. The highest BCUT2D eigenvalue weighted by atomic mass is 16.4. The van der Waals surface area contributed by atoms with Crippen LogP contribution in [-0.2, 0) is 18.4 Å². The summed E-state index contributed by atoms with van der Waals surface area (Å²) in [5.74, 6) is 0.112. The Morgan fingerprint density at radius 1 is 1.11 bits per heavy atom. The third-order valence-electron chi connectivity index (χ3n) is 5.61. The van der Waals surface area contributed by atoms with Crippen molar-refractivity contribution >= 4 is 40.3 Å². The summed E-state index contributed by atoms with van der Waals surface area (Å²) in [6.07, 6.45) is 1.37. The van der Waals surface area contributed by atoms with Crippen molar-refractivity contribution < 1.29 is 20.1 Å². The van der Waals surface area contributed by atoms with E-state index in [1.165, 1.54) is 4.90 Å². The molecule has 0 spiro atoms. The summed E-state index contributed by atoms with van der Waals surface area (Å²) in [6, 6.07) is 17.9. The summed E-state index contributed by atoms with van der Waals surface area (Å²) in [5.41, 5.74) is 9.20. The van der Waals surface area contributed by atoms with E-state index in [9.17, 15) is 9.59 Å². The van der Waals surface area contributed by atoms with Crippen LogP contribution in [0.15, 0.2) is 66.9 Å². The zero-order valence-electron chi connectivity index (χ0n) is 19.2. The van der Waals surface area contributed by atoms with Crippen molar-refractivity contribution in [3.05, 3.63) is 83.8 Å². The standard InChI is InChI=1S/C25H25N7O3/c1-31-20-10-7-17(25(35)32(13-11-23(33)34)21-4-2-3-12-28-21)14-19(20)30-22(31)15-29-18-8-5-16(6-9-18)24(26)27/h2-10,12,14,29H,11,13,15H2,1H3,(H3,26,27)(H,33,34)/p+1. The quantitative estimate of drug-likeness (QED) is 0.211. The van der Waals surface area contributed by atoms with Gasteiger partial charge in [0.15, 0.2) is 0 Å². The molecular formula is C25H26N7O3+. The minimum atomic E-state index is -0.990. The Hall–Kier alpha value is -4.73. The number of nitrogens with zero attached hydrogens (tertiary/aromatic N) is 4. The van der Waals surface area contributed by atoms with Crippen molar-refractivity contribution in [2.75, 3.05) is 16.8 Å². The molecule has 2 aromatic carbocycles. The Labute approximate surface area is 201 Å². The fourth-order valence-corrected chi connectivity index (χ4v) is 3.70. The van der Waals surface area contributed by atoms with Crippen molar-refractivity contribution in [2.24, 2.45) is 12.8 Å². The number of amides is 1. The highest BCUT2D eigenvalue weighted by Crippen LogP contribution is 2.21. The number of hydrogen-bond donors (Lipinski definition) is 4. The van der Waals surface area contributed by atoms with Gasteiger partial charge in [0.05, 0.1) is 29.6 Å². The minimum Gasteiger partial charge on any atom is -0.481 e. The van der Waals surface area contributed by atoms with Crippen LogP contribution in [0.2, 0.25) is 0 Å². The van der Waals surface area contributed by atoms with Gasteiger partial charge in [-0.15, -0.1) is 0 Å². The van der Waals surface area contributed by atoms with Gasteiger partial charge in [-0.2, -0.15) is 0 Å². The highest BCUT2D eigenvalue weighted by Gasteiger charge is 2.21. The molecule has 0 bridgehead atoms. The summed E-state index contributed by atoms with van der Waals surface area (Å²) in [7, 11) is 1.91. The van der Waals surface area contributed by atoms with Crippen LogP contribution in [0.25, 0.3) is 11.0 Å². The fraction of sp³-hybridized carbons (Fsp3) is 0.160. The minimum absolute atomic E-state index is 0.00691. The van der Waals surface area contributed by atoms with E-state index in [1.807, 2.05) is 41.9 Å². The molecule has 0 saturated heterocycles. The topological polar surface area (TPSA) is 152 Å². The Kier molecular flexibility index (Phi) is 6.72. The maximum absolute atomic E-state index is 13.3. The molecule has 10 heteroatoms. The average molecular weight is 473 g/mol. The van der Waals surface area contributed by atoms with E-state index >= 15 is 0 Å².